The summed E-state index contributed by atoms with van der Waals surface area (Å²) >= 11 is 1.67. The molecular weight excluding hydrogens is 268 g/mol. The Bertz CT molecular complexity index is 750. The lowest BCUT2D eigenvalue weighted by Crippen LogP contribution is -2.10. The molecule has 0 saturated carbocycles. The minimum atomic E-state index is -0.0316. The Hall–Kier alpha value is -2.07. The van der Waals surface area contributed by atoms with Crippen LogP contribution in [0.4, 0.5) is 0 Å². The third kappa shape index (κ3) is 2.23. The molecular formula is C16H14N2OS. The Morgan fingerprint density at radius 3 is 2.55 bits per heavy atom. The van der Waals surface area contributed by atoms with E-state index in [-0.39, 0.29) is 5.78 Å². The maximum absolute atomic E-state index is 12.6. The van der Waals surface area contributed by atoms with Crippen molar-refractivity contribution in [2.24, 2.45) is 0 Å². The zero-order valence-corrected chi connectivity index (χ0v) is 11.9. The van der Waals surface area contributed by atoms with Gasteiger partial charge in [0.1, 0.15) is 0 Å². The molecule has 0 aliphatic carbocycles. The van der Waals surface area contributed by atoms with Gasteiger partial charge in [0.25, 0.3) is 0 Å². The maximum atomic E-state index is 12.6. The van der Waals surface area contributed by atoms with Crippen molar-refractivity contribution >= 4 is 28.6 Å². The summed E-state index contributed by atoms with van der Waals surface area (Å²) in [7, 11) is 0. The second-order valence-electron chi connectivity index (χ2n) is 4.47. The number of thioether (sulfide) groups is 1. The summed E-state index contributed by atoms with van der Waals surface area (Å²) in [4.78, 5) is 17.1. The molecule has 0 spiro atoms. The van der Waals surface area contributed by atoms with E-state index in [9.17, 15) is 4.79 Å². The SMILES string of the molecule is CSCn1c(C(=O)c2ccccc2)nc2ccccc21. The minimum Gasteiger partial charge on any atom is -0.311 e. The van der Waals surface area contributed by atoms with Crippen LogP contribution in [0.15, 0.2) is 54.6 Å². The zero-order valence-electron chi connectivity index (χ0n) is 11.1. The fourth-order valence-electron chi connectivity index (χ4n) is 2.23. The summed E-state index contributed by atoms with van der Waals surface area (Å²) in [6, 6.07) is 17.1. The van der Waals surface area contributed by atoms with Gasteiger partial charge in [0.15, 0.2) is 5.82 Å². The van der Waals surface area contributed by atoms with Gasteiger partial charge in [-0.3, -0.25) is 4.79 Å². The number of hydrogen-bond donors (Lipinski definition) is 0. The number of para-hydroxylation sites is 2. The molecule has 20 heavy (non-hydrogen) atoms. The topological polar surface area (TPSA) is 34.9 Å². The van der Waals surface area contributed by atoms with Crippen LogP contribution in [0.3, 0.4) is 0 Å². The molecule has 4 heteroatoms. The van der Waals surface area contributed by atoms with Crippen LogP contribution in [-0.4, -0.2) is 21.6 Å². The monoisotopic (exact) mass is 282 g/mol. The molecule has 0 unspecified atom stereocenters. The number of carbonyl (C=O) groups excluding carboxylic acids is 1. The average Bonchev–Trinajstić information content (AvgIpc) is 2.87. The Balaban J connectivity index is 2.15. The number of hydrogen-bond acceptors (Lipinski definition) is 3. The van der Waals surface area contributed by atoms with Gasteiger partial charge in [-0.1, -0.05) is 42.5 Å². The third-order valence-electron chi connectivity index (χ3n) is 3.15. The van der Waals surface area contributed by atoms with Crippen LogP contribution in [-0.2, 0) is 5.88 Å². The van der Waals surface area contributed by atoms with Gasteiger partial charge >= 0.3 is 0 Å². The first-order chi connectivity index (χ1) is 9.81. The van der Waals surface area contributed by atoms with Crippen LogP contribution in [0.1, 0.15) is 16.2 Å². The van der Waals surface area contributed by atoms with Crippen LogP contribution in [0.25, 0.3) is 11.0 Å². The lowest BCUT2D eigenvalue weighted by molar-refractivity contribution is 0.102. The molecule has 0 saturated heterocycles. The van der Waals surface area contributed by atoms with E-state index in [1.165, 1.54) is 0 Å². The van der Waals surface area contributed by atoms with Crippen molar-refractivity contribution in [2.45, 2.75) is 5.88 Å². The highest BCUT2D eigenvalue weighted by atomic mass is 32.2. The zero-order chi connectivity index (χ0) is 13.9. The number of carbonyl (C=O) groups is 1. The Kier molecular flexibility index (Phi) is 3.56. The predicted molar refractivity (Wildman–Crippen MR) is 83.1 cm³/mol. The normalized spacial score (nSPS) is 10.8. The minimum absolute atomic E-state index is 0.0316. The summed E-state index contributed by atoms with van der Waals surface area (Å²) in [5.74, 6) is 1.19. The first kappa shape index (κ1) is 12.9. The first-order valence-corrected chi connectivity index (χ1v) is 7.74. The molecule has 0 N–H and O–H groups in total. The molecule has 3 nitrogen and oxygen atoms in total. The molecule has 0 bridgehead atoms. The number of nitrogens with zero attached hydrogens (tertiary/aromatic N) is 2. The van der Waals surface area contributed by atoms with Crippen LogP contribution < -0.4 is 0 Å². The summed E-state index contributed by atoms with van der Waals surface area (Å²) in [6.07, 6.45) is 2.02. The van der Waals surface area contributed by atoms with Crippen molar-refractivity contribution in [3.63, 3.8) is 0 Å². The summed E-state index contributed by atoms with van der Waals surface area (Å²) < 4.78 is 1.98. The molecule has 1 heterocycles. The van der Waals surface area contributed by atoms with Crippen LogP contribution >= 0.6 is 11.8 Å². The van der Waals surface area contributed by atoms with Crippen LogP contribution in [0.2, 0.25) is 0 Å². The van der Waals surface area contributed by atoms with E-state index in [0.29, 0.717) is 17.3 Å². The van der Waals surface area contributed by atoms with Gasteiger partial charge in [-0.2, -0.15) is 0 Å². The van der Waals surface area contributed by atoms with Gasteiger partial charge in [0.05, 0.1) is 16.9 Å². The van der Waals surface area contributed by atoms with Gasteiger partial charge in [0.2, 0.25) is 5.78 Å². The molecule has 2 aromatic carbocycles. The van der Waals surface area contributed by atoms with Gasteiger partial charge in [-0.05, 0) is 18.4 Å². The number of ketones is 1. The van der Waals surface area contributed by atoms with E-state index in [1.54, 1.807) is 11.8 Å². The van der Waals surface area contributed by atoms with E-state index in [4.69, 9.17) is 0 Å². The molecule has 0 radical (unpaired) electrons. The third-order valence-corrected chi connectivity index (χ3v) is 3.67. The van der Waals surface area contributed by atoms with Crippen molar-refractivity contribution in [3.8, 4) is 0 Å². The van der Waals surface area contributed by atoms with E-state index in [0.717, 1.165) is 11.0 Å². The number of imidazole rings is 1. The standard InChI is InChI=1S/C16H14N2OS/c1-20-11-18-14-10-6-5-9-13(14)17-16(18)15(19)12-7-3-2-4-8-12/h2-10H,11H2,1H3. The molecule has 0 amide bonds. The highest BCUT2D eigenvalue weighted by Gasteiger charge is 2.18. The van der Waals surface area contributed by atoms with Gasteiger partial charge in [0, 0.05) is 5.56 Å². The number of fused-ring (bicyclic) bond motifs is 1. The smallest absolute Gasteiger partial charge is 0.228 e. The summed E-state index contributed by atoms with van der Waals surface area (Å²) in [6.45, 7) is 0. The molecule has 0 aliphatic rings. The number of aromatic nitrogens is 2. The fraction of sp³-hybridized carbons (Fsp3) is 0.125. The Morgan fingerprint density at radius 1 is 1.10 bits per heavy atom. The largest absolute Gasteiger partial charge is 0.311 e. The van der Waals surface area contributed by atoms with Crippen molar-refractivity contribution in [1.29, 1.82) is 0 Å². The molecule has 3 aromatic rings. The summed E-state index contributed by atoms with van der Waals surface area (Å²) in [5, 5.41) is 0. The van der Waals surface area contributed by atoms with Crippen molar-refractivity contribution in [3.05, 3.63) is 66.0 Å². The number of rotatable bonds is 4. The van der Waals surface area contributed by atoms with E-state index >= 15 is 0 Å². The predicted octanol–water partition coefficient (Wildman–Crippen LogP) is 3.59. The second-order valence-corrected chi connectivity index (χ2v) is 5.30. The van der Waals surface area contributed by atoms with Gasteiger partial charge in [-0.15, -0.1) is 11.8 Å². The van der Waals surface area contributed by atoms with Crippen molar-refractivity contribution < 1.29 is 4.79 Å². The lowest BCUT2D eigenvalue weighted by Gasteiger charge is -2.06. The quantitative estimate of drug-likeness (QED) is 0.686. The molecule has 0 aliphatic heterocycles. The molecule has 0 atom stereocenters. The molecule has 100 valence electrons. The van der Waals surface area contributed by atoms with E-state index < -0.39 is 0 Å². The maximum Gasteiger partial charge on any atom is 0.228 e. The van der Waals surface area contributed by atoms with Crippen LogP contribution in [0.5, 0.6) is 0 Å². The Labute approximate surface area is 121 Å². The lowest BCUT2D eigenvalue weighted by atomic mass is 10.1. The van der Waals surface area contributed by atoms with E-state index in [1.807, 2.05) is 65.4 Å². The van der Waals surface area contributed by atoms with Crippen molar-refractivity contribution in [1.82, 2.24) is 9.55 Å². The van der Waals surface area contributed by atoms with Crippen molar-refractivity contribution in [2.75, 3.05) is 6.26 Å². The number of benzene rings is 2. The second kappa shape index (κ2) is 5.51. The summed E-state index contributed by atoms with van der Waals surface area (Å²) in [5.41, 5.74) is 2.53. The van der Waals surface area contributed by atoms with Gasteiger partial charge < -0.3 is 4.57 Å². The fourth-order valence-corrected chi connectivity index (χ4v) is 2.75. The molecule has 1 aromatic heterocycles. The molecule has 3 rings (SSSR count). The first-order valence-electron chi connectivity index (χ1n) is 6.35. The van der Waals surface area contributed by atoms with E-state index in [2.05, 4.69) is 4.98 Å². The molecule has 0 fully saturated rings. The average molecular weight is 282 g/mol. The van der Waals surface area contributed by atoms with Crippen LogP contribution in [0, 0.1) is 0 Å². The van der Waals surface area contributed by atoms with Gasteiger partial charge in [-0.25, -0.2) is 4.98 Å². The highest BCUT2D eigenvalue weighted by molar-refractivity contribution is 7.97. The highest BCUT2D eigenvalue weighted by Crippen LogP contribution is 2.20. The Morgan fingerprint density at radius 2 is 1.80 bits per heavy atom.